The Morgan fingerprint density at radius 1 is 0.969 bits per heavy atom. The maximum atomic E-state index is 10.7. The van der Waals surface area contributed by atoms with E-state index >= 15 is 0 Å². The van der Waals surface area contributed by atoms with Crippen LogP contribution < -0.4 is 9.47 Å². The van der Waals surface area contributed by atoms with E-state index in [4.69, 9.17) is 9.47 Å². The van der Waals surface area contributed by atoms with E-state index in [1.54, 1.807) is 42.5 Å². The number of phenolic OH excluding ortho intramolecular Hbond substituents is 2. The second kappa shape index (κ2) is 18.3. The molecule has 0 saturated carbocycles. The third kappa shape index (κ3) is 13.2. The van der Waals surface area contributed by atoms with Crippen LogP contribution in [-0.4, -0.2) is 35.5 Å². The molecule has 0 spiro atoms. The minimum atomic E-state index is -0.0357. The Labute approximate surface area is 208 Å². The number of benzene rings is 2. The molecule has 9 heteroatoms. The average molecular weight is 620 g/mol. The molecule has 0 fully saturated rings. The molecule has 0 unspecified atom stereocenters. The monoisotopic (exact) mass is 617 g/mol. The number of ether oxygens (including phenoxy) is 2. The van der Waals surface area contributed by atoms with Gasteiger partial charge in [-0.25, -0.2) is 0 Å². The number of carbonyl (C=O) groups is 2. The minimum absolute atomic E-state index is 0.0357. The third-order valence-corrected chi connectivity index (χ3v) is 3.33. The summed E-state index contributed by atoms with van der Waals surface area (Å²) in [6.45, 7) is 9.13. The van der Waals surface area contributed by atoms with Crippen molar-refractivity contribution in [3.63, 3.8) is 0 Å². The number of aldehydes is 1. The number of rotatable bonds is 9. The van der Waals surface area contributed by atoms with Gasteiger partial charge in [-0.1, -0.05) is 37.5 Å². The summed E-state index contributed by atoms with van der Waals surface area (Å²) in [4.78, 5) is 21.0. The van der Waals surface area contributed by atoms with Gasteiger partial charge >= 0.3 is 39.6 Å². The molecule has 2 aromatic rings. The third-order valence-electron chi connectivity index (χ3n) is 3.33. The van der Waals surface area contributed by atoms with Crippen molar-refractivity contribution < 1.29 is 40.6 Å². The van der Waals surface area contributed by atoms with Crippen molar-refractivity contribution in [3.8, 4) is 23.0 Å². The molecule has 2 N–H and O–H groups in total. The summed E-state index contributed by atoms with van der Waals surface area (Å²) >= 11 is 7.38. The molecule has 2 aromatic carbocycles. The van der Waals surface area contributed by atoms with Crippen molar-refractivity contribution in [2.24, 2.45) is 0 Å². The molecule has 0 aliphatic rings. The van der Waals surface area contributed by atoms with Crippen LogP contribution in [0.25, 0.3) is 6.08 Å². The van der Waals surface area contributed by atoms with Gasteiger partial charge in [0, 0.05) is 5.56 Å². The van der Waals surface area contributed by atoms with Gasteiger partial charge in [-0.15, -0.1) is 0 Å². The van der Waals surface area contributed by atoms with Crippen LogP contribution in [0, 0.1) is 0 Å². The first-order valence-electron chi connectivity index (χ1n) is 8.91. The molecule has 0 amide bonds. The number of halogens is 2. The molecule has 177 valence electrons. The van der Waals surface area contributed by atoms with Crippen LogP contribution >= 0.6 is 28.2 Å². The maximum absolute atomic E-state index is 10.7. The van der Waals surface area contributed by atoms with Crippen molar-refractivity contribution >= 4 is 46.4 Å². The molecule has 0 bridgehead atoms. The van der Waals surface area contributed by atoms with Crippen LogP contribution in [0.2, 0.25) is 0 Å². The molecule has 2 rings (SSSR count). The van der Waals surface area contributed by atoms with Gasteiger partial charge < -0.3 is 19.7 Å². The fraction of sp³-hybridized carbons (Fsp3) is 0.130. The number of hydrogen-bond acceptors (Lipinski definition) is 6. The van der Waals surface area contributed by atoms with Gasteiger partial charge in [-0.2, -0.15) is 0 Å². The van der Waals surface area contributed by atoms with Crippen molar-refractivity contribution in [1.82, 2.24) is 0 Å². The van der Waals surface area contributed by atoms with Crippen molar-refractivity contribution in [1.29, 1.82) is 0 Å². The van der Waals surface area contributed by atoms with E-state index in [-0.39, 0.29) is 17.3 Å². The van der Waals surface area contributed by atoms with Crippen LogP contribution in [0.1, 0.15) is 22.8 Å². The predicted molar refractivity (Wildman–Crippen MR) is 131 cm³/mol. The van der Waals surface area contributed by atoms with Crippen LogP contribution in [0.4, 0.5) is 0 Å². The summed E-state index contributed by atoms with van der Waals surface area (Å²) in [6.07, 6.45) is 6.92. The molecular weight excluding hydrogens is 596 g/mol. The quantitative estimate of drug-likeness (QED) is 0.154. The fourth-order valence-electron chi connectivity index (χ4n) is 2.00. The molecule has 0 saturated heterocycles. The summed E-state index contributed by atoms with van der Waals surface area (Å²) < 4.78 is 10.3. The molecule has 0 aliphatic heterocycles. The number of ketones is 1. The second-order valence-electron chi connectivity index (χ2n) is 5.76. The normalized spacial score (nSPS) is 9.59. The van der Waals surface area contributed by atoms with Gasteiger partial charge in [-0.3, -0.25) is 9.59 Å². The Kier molecular flexibility index (Phi) is 16.9. The number of phenols is 2. The van der Waals surface area contributed by atoms with E-state index in [1.807, 2.05) is 0 Å². The SMILES string of the molecule is C=CCOc1ccc(/C=C/C(C)=O)cc1O.C=CCOc1ccc(C=O)cc1O.[Br][Cu][Br]. The van der Waals surface area contributed by atoms with E-state index in [1.165, 1.54) is 36.5 Å². The Morgan fingerprint density at radius 2 is 1.41 bits per heavy atom. The zero-order valence-electron chi connectivity index (χ0n) is 17.3. The summed E-state index contributed by atoms with van der Waals surface area (Å²) in [6, 6.07) is 9.42. The van der Waals surface area contributed by atoms with Crippen molar-refractivity contribution in [2.45, 2.75) is 6.92 Å². The number of allylic oxidation sites excluding steroid dienone is 1. The zero-order chi connectivity index (χ0) is 24.4. The Morgan fingerprint density at radius 3 is 1.78 bits per heavy atom. The molecule has 0 radical (unpaired) electrons. The molecule has 0 aliphatic carbocycles. The topological polar surface area (TPSA) is 93.1 Å². The molecule has 0 aromatic heterocycles. The Balaban J connectivity index is 0.000000543. The number of aromatic hydroxyl groups is 2. The summed E-state index contributed by atoms with van der Waals surface area (Å²) in [5.74, 6) is 0.732. The zero-order valence-corrected chi connectivity index (χ0v) is 21.4. The summed E-state index contributed by atoms with van der Waals surface area (Å²) in [7, 11) is 0. The van der Waals surface area contributed by atoms with Gasteiger partial charge in [0.15, 0.2) is 28.8 Å². The summed E-state index contributed by atoms with van der Waals surface area (Å²) in [5, 5.41) is 18.9. The van der Waals surface area contributed by atoms with E-state index in [0.717, 1.165) is 5.56 Å². The first-order chi connectivity index (χ1) is 15.3. The van der Waals surface area contributed by atoms with Crippen LogP contribution in [0.3, 0.4) is 0 Å². The average Bonchev–Trinajstić information content (AvgIpc) is 2.77. The van der Waals surface area contributed by atoms with E-state index < -0.39 is 0 Å². The number of carbonyl (C=O) groups excluding carboxylic acids is 2. The molecule has 0 atom stereocenters. The molecule has 0 heterocycles. The summed E-state index contributed by atoms with van der Waals surface area (Å²) in [5.41, 5.74) is 1.17. The standard InChI is InChI=1S/C13H14O3.C10H10O3.2BrH.Cu/c1-3-8-16-13-7-6-11(9-12(13)15)5-4-10(2)14;1-2-5-13-10-4-3-8(7-11)6-9(10)12;;;/h3-7,9,15H,1,8H2,2H3;2-4,6-7,12H,1,5H2;2*1H;/q;;;;+2/p-2/b5-4+;;;;. The van der Waals surface area contributed by atoms with Crippen LogP contribution in [0.5, 0.6) is 23.0 Å². The predicted octanol–water partition coefficient (Wildman–Crippen LogP) is 6.02. The Hall–Kier alpha value is -2.32. The van der Waals surface area contributed by atoms with Crippen molar-refractivity contribution in [2.75, 3.05) is 13.2 Å². The van der Waals surface area contributed by atoms with E-state index in [9.17, 15) is 19.8 Å². The van der Waals surface area contributed by atoms with Gasteiger partial charge in [0.2, 0.25) is 0 Å². The Bertz CT molecular complexity index is 915. The van der Waals surface area contributed by atoms with Crippen molar-refractivity contribution in [3.05, 3.63) is 78.9 Å². The van der Waals surface area contributed by atoms with Crippen LogP contribution in [-0.2, 0) is 16.1 Å². The molecule has 32 heavy (non-hydrogen) atoms. The fourth-order valence-corrected chi connectivity index (χ4v) is 2.00. The van der Waals surface area contributed by atoms with Gasteiger partial charge in [-0.05, 0) is 48.9 Å². The van der Waals surface area contributed by atoms with E-state index in [2.05, 4.69) is 41.4 Å². The molecule has 6 nitrogen and oxygen atoms in total. The molecular formula is C23H24Br2CuO6. The first-order valence-corrected chi connectivity index (χ1v) is 13.6. The van der Waals surface area contributed by atoms with Gasteiger partial charge in [0.25, 0.3) is 0 Å². The number of hydrogen-bond donors (Lipinski definition) is 2. The van der Waals surface area contributed by atoms with Crippen LogP contribution in [0.15, 0.2) is 67.8 Å². The van der Waals surface area contributed by atoms with Gasteiger partial charge in [0.05, 0.1) is 0 Å². The second-order valence-corrected chi connectivity index (χ2v) is 10.5. The van der Waals surface area contributed by atoms with Gasteiger partial charge in [0.1, 0.15) is 19.5 Å². The van der Waals surface area contributed by atoms with E-state index in [0.29, 0.717) is 36.6 Å². The first kappa shape index (κ1) is 29.7.